The number of anilines is 1. The average Bonchev–Trinajstić information content (AvgIpc) is 3.31. The lowest BCUT2D eigenvalue weighted by molar-refractivity contribution is 0.378. The summed E-state index contributed by atoms with van der Waals surface area (Å²) < 4.78 is 20.0. The quantitative estimate of drug-likeness (QED) is 0.373. The Bertz CT molecular complexity index is 1200. The third kappa shape index (κ3) is 4.81. The van der Waals surface area contributed by atoms with Crippen molar-refractivity contribution in [1.29, 1.82) is 0 Å². The molecule has 4 aromatic rings. The van der Waals surface area contributed by atoms with Crippen molar-refractivity contribution in [3.05, 3.63) is 90.2 Å². The Morgan fingerprint density at radius 3 is 2.52 bits per heavy atom. The average molecular weight is 443 g/mol. The Balaban J connectivity index is 1.50. The van der Waals surface area contributed by atoms with Gasteiger partial charge in [-0.3, -0.25) is 0 Å². The summed E-state index contributed by atoms with van der Waals surface area (Å²) in [6, 6.07) is 20.7. The number of rotatable bonds is 6. The minimum atomic E-state index is -0.271. The molecule has 0 spiro atoms. The predicted molar refractivity (Wildman–Crippen MR) is 128 cm³/mol. The third-order valence-electron chi connectivity index (χ3n) is 6.14. The van der Waals surface area contributed by atoms with Gasteiger partial charge in [0.2, 0.25) is 0 Å². The largest absolute Gasteiger partial charge is 0.440 e. The minimum absolute atomic E-state index is 0.102. The van der Waals surface area contributed by atoms with Gasteiger partial charge in [0.15, 0.2) is 11.7 Å². The van der Waals surface area contributed by atoms with Crippen LogP contribution in [-0.2, 0) is 0 Å². The first-order chi connectivity index (χ1) is 16.2. The van der Waals surface area contributed by atoms with E-state index in [1.807, 2.05) is 30.3 Å². The molecule has 3 heterocycles. The highest BCUT2D eigenvalue weighted by Crippen LogP contribution is 2.37. The highest BCUT2D eigenvalue weighted by atomic mass is 19.1. The normalized spacial score (nSPS) is 15.3. The summed E-state index contributed by atoms with van der Waals surface area (Å²) in [5.41, 5.74) is 3.64. The number of nitrogens with zero attached hydrogens (tertiary/aromatic N) is 2. The zero-order valence-corrected chi connectivity index (χ0v) is 18.6. The van der Waals surface area contributed by atoms with Crippen LogP contribution in [-0.4, -0.2) is 23.1 Å². The number of benzene rings is 2. The molecular weight excluding hydrogens is 415 g/mol. The molecule has 0 amide bonds. The summed E-state index contributed by atoms with van der Waals surface area (Å²) in [6.45, 7) is 4.02. The second-order valence-electron chi connectivity index (χ2n) is 8.47. The van der Waals surface area contributed by atoms with Gasteiger partial charge in [0.1, 0.15) is 17.3 Å². The van der Waals surface area contributed by atoms with E-state index in [2.05, 4.69) is 34.7 Å². The molecule has 0 radical (unpaired) electrons. The molecule has 6 heteroatoms. The first kappa shape index (κ1) is 21.3. The summed E-state index contributed by atoms with van der Waals surface area (Å²) in [5.74, 6) is 2.20. The Morgan fingerprint density at radius 2 is 1.76 bits per heavy atom. The maximum Gasteiger partial charge on any atom is 0.198 e. The topological polar surface area (TPSA) is 63.0 Å². The van der Waals surface area contributed by atoms with E-state index in [0.717, 1.165) is 54.5 Å². The lowest BCUT2D eigenvalue weighted by Gasteiger charge is -2.19. The SMILES string of the molecule is CC(Nc1cc(-c2oc(C3CCNCC3)nc2-c2ccc(F)cc2)ccn1)c1ccccc1. The summed E-state index contributed by atoms with van der Waals surface area (Å²) in [7, 11) is 0. The van der Waals surface area contributed by atoms with E-state index >= 15 is 0 Å². The monoisotopic (exact) mass is 442 g/mol. The van der Waals surface area contributed by atoms with Gasteiger partial charge >= 0.3 is 0 Å². The zero-order valence-electron chi connectivity index (χ0n) is 18.6. The van der Waals surface area contributed by atoms with Crippen LogP contribution in [0, 0.1) is 5.82 Å². The molecule has 1 fully saturated rings. The molecule has 1 saturated heterocycles. The lowest BCUT2D eigenvalue weighted by atomic mass is 9.98. The van der Waals surface area contributed by atoms with E-state index in [1.165, 1.54) is 17.7 Å². The van der Waals surface area contributed by atoms with Crippen LogP contribution in [0.15, 0.2) is 77.3 Å². The lowest BCUT2D eigenvalue weighted by Crippen LogP contribution is -2.26. The fraction of sp³-hybridized carbons (Fsp3) is 0.259. The van der Waals surface area contributed by atoms with E-state index in [9.17, 15) is 4.39 Å². The van der Waals surface area contributed by atoms with Crippen molar-refractivity contribution in [3.8, 4) is 22.6 Å². The van der Waals surface area contributed by atoms with Crippen molar-refractivity contribution in [3.63, 3.8) is 0 Å². The van der Waals surface area contributed by atoms with E-state index < -0.39 is 0 Å². The van der Waals surface area contributed by atoms with Gasteiger partial charge in [0.05, 0.1) is 0 Å². The van der Waals surface area contributed by atoms with Gasteiger partial charge in [0.25, 0.3) is 0 Å². The second-order valence-corrected chi connectivity index (χ2v) is 8.47. The van der Waals surface area contributed by atoms with Gasteiger partial charge in [-0.05, 0) is 74.8 Å². The van der Waals surface area contributed by atoms with E-state index in [0.29, 0.717) is 5.76 Å². The highest BCUT2D eigenvalue weighted by Gasteiger charge is 2.25. The van der Waals surface area contributed by atoms with Crippen LogP contribution in [0.5, 0.6) is 0 Å². The molecule has 5 rings (SSSR count). The van der Waals surface area contributed by atoms with Gasteiger partial charge < -0.3 is 15.1 Å². The van der Waals surface area contributed by atoms with Crippen molar-refractivity contribution in [2.24, 2.45) is 0 Å². The summed E-state index contributed by atoms with van der Waals surface area (Å²) in [4.78, 5) is 9.40. The van der Waals surface area contributed by atoms with Crippen LogP contribution in [0.2, 0.25) is 0 Å². The molecule has 168 valence electrons. The number of hydrogen-bond donors (Lipinski definition) is 2. The van der Waals surface area contributed by atoms with Crippen LogP contribution in [0.4, 0.5) is 10.2 Å². The summed E-state index contributed by atoms with van der Waals surface area (Å²) in [6.07, 6.45) is 3.75. The first-order valence-corrected chi connectivity index (χ1v) is 11.4. The van der Waals surface area contributed by atoms with Crippen LogP contribution in [0.3, 0.4) is 0 Å². The molecule has 0 aliphatic carbocycles. The standard InChI is InChI=1S/C27H27FN4O/c1-18(19-5-3-2-4-6-19)31-24-17-22(13-16-30-24)26-25(20-7-9-23(28)10-8-20)32-27(33-26)21-11-14-29-15-12-21/h2-10,13,16-18,21,29H,11-12,14-15H2,1H3,(H,30,31). The summed E-state index contributed by atoms with van der Waals surface area (Å²) in [5, 5.41) is 6.86. The molecule has 2 aromatic heterocycles. The number of aromatic nitrogens is 2. The van der Waals surface area contributed by atoms with Gasteiger partial charge in [-0.25, -0.2) is 14.4 Å². The molecule has 2 aromatic carbocycles. The maximum absolute atomic E-state index is 13.6. The van der Waals surface area contributed by atoms with E-state index in [-0.39, 0.29) is 17.8 Å². The second kappa shape index (κ2) is 9.55. The minimum Gasteiger partial charge on any atom is -0.440 e. The Morgan fingerprint density at radius 1 is 1.00 bits per heavy atom. The van der Waals surface area contributed by atoms with Crippen molar-refractivity contribution in [1.82, 2.24) is 15.3 Å². The number of oxazole rings is 1. The molecule has 1 aliphatic heterocycles. The third-order valence-corrected chi connectivity index (χ3v) is 6.14. The molecular formula is C27H27FN4O. The Labute approximate surface area is 193 Å². The van der Waals surface area contributed by atoms with E-state index in [4.69, 9.17) is 9.40 Å². The van der Waals surface area contributed by atoms with Crippen molar-refractivity contribution < 1.29 is 8.81 Å². The number of halogens is 1. The van der Waals surface area contributed by atoms with Crippen LogP contribution >= 0.6 is 0 Å². The maximum atomic E-state index is 13.6. The molecule has 1 aliphatic rings. The first-order valence-electron chi connectivity index (χ1n) is 11.4. The van der Waals surface area contributed by atoms with E-state index in [1.54, 1.807) is 18.3 Å². The molecule has 0 bridgehead atoms. The smallest absolute Gasteiger partial charge is 0.198 e. The Kier molecular flexibility index (Phi) is 6.17. The molecule has 33 heavy (non-hydrogen) atoms. The molecule has 0 saturated carbocycles. The van der Waals surface area contributed by atoms with Gasteiger partial charge in [0, 0.05) is 29.3 Å². The van der Waals surface area contributed by atoms with Crippen LogP contribution < -0.4 is 10.6 Å². The van der Waals surface area contributed by atoms with Crippen LogP contribution in [0.1, 0.15) is 43.2 Å². The van der Waals surface area contributed by atoms with Gasteiger partial charge in [-0.2, -0.15) is 0 Å². The van der Waals surface area contributed by atoms with Crippen molar-refractivity contribution in [2.75, 3.05) is 18.4 Å². The molecule has 5 nitrogen and oxygen atoms in total. The van der Waals surface area contributed by atoms with Crippen molar-refractivity contribution >= 4 is 5.82 Å². The van der Waals surface area contributed by atoms with Gasteiger partial charge in [-0.15, -0.1) is 0 Å². The zero-order chi connectivity index (χ0) is 22.6. The van der Waals surface area contributed by atoms with Gasteiger partial charge in [-0.1, -0.05) is 30.3 Å². The molecule has 1 unspecified atom stereocenters. The van der Waals surface area contributed by atoms with Crippen LogP contribution in [0.25, 0.3) is 22.6 Å². The predicted octanol–water partition coefficient (Wildman–Crippen LogP) is 6.18. The highest BCUT2D eigenvalue weighted by molar-refractivity contribution is 5.78. The number of nitrogens with one attached hydrogen (secondary N) is 2. The number of pyridine rings is 1. The fourth-order valence-corrected chi connectivity index (χ4v) is 4.28. The molecule has 2 N–H and O–H groups in total. The number of hydrogen-bond acceptors (Lipinski definition) is 5. The fourth-order valence-electron chi connectivity index (χ4n) is 4.28. The molecule has 1 atom stereocenters. The Hall–Kier alpha value is -3.51. The number of piperidine rings is 1. The summed E-state index contributed by atoms with van der Waals surface area (Å²) >= 11 is 0. The van der Waals surface area contributed by atoms with Crippen molar-refractivity contribution in [2.45, 2.75) is 31.7 Å².